The van der Waals surface area contributed by atoms with Crippen LogP contribution in [-0.4, -0.2) is 0 Å². The fourth-order valence-corrected chi connectivity index (χ4v) is 8.90. The maximum Gasteiger partial charge on any atom is -0.00199 e. The molecule has 216 valence electrons. The Kier molecular flexibility index (Phi) is 5.08. The highest BCUT2D eigenvalue weighted by Gasteiger charge is 2.20. The Bertz CT molecular complexity index is 2640. The first-order valence-electron chi connectivity index (χ1n) is 16.4. The van der Waals surface area contributed by atoms with Crippen LogP contribution in [0.4, 0.5) is 0 Å². The Morgan fingerprint density at radius 1 is 0.261 bits per heavy atom. The summed E-state index contributed by atoms with van der Waals surface area (Å²) < 4.78 is 0. The van der Waals surface area contributed by atoms with Crippen LogP contribution in [0.15, 0.2) is 121 Å². The largest absolute Gasteiger partial charge is 0.0617 e. The third-order valence-electron chi connectivity index (χ3n) is 10.9. The molecule has 10 aromatic carbocycles. The van der Waals surface area contributed by atoms with Crippen molar-refractivity contribution in [3.63, 3.8) is 0 Å². The van der Waals surface area contributed by atoms with Crippen LogP contribution >= 0.6 is 0 Å². The summed E-state index contributed by atoms with van der Waals surface area (Å²) in [5.41, 5.74) is 10.6. The van der Waals surface area contributed by atoms with E-state index in [0.29, 0.717) is 0 Å². The van der Waals surface area contributed by atoms with Crippen molar-refractivity contribution in [2.24, 2.45) is 0 Å². The molecule has 0 aromatic heterocycles. The summed E-state index contributed by atoms with van der Waals surface area (Å²) in [4.78, 5) is 0. The topological polar surface area (TPSA) is 0 Å². The van der Waals surface area contributed by atoms with Gasteiger partial charge in [0, 0.05) is 0 Å². The second-order valence-corrected chi connectivity index (χ2v) is 13.5. The summed E-state index contributed by atoms with van der Waals surface area (Å²) in [6.45, 7) is 8.89. The van der Waals surface area contributed by atoms with Crippen molar-refractivity contribution in [1.29, 1.82) is 0 Å². The molecule has 0 N–H and O–H groups in total. The van der Waals surface area contributed by atoms with Crippen LogP contribution in [0.3, 0.4) is 0 Å². The van der Waals surface area contributed by atoms with E-state index in [4.69, 9.17) is 0 Å². The lowest BCUT2D eigenvalue weighted by Gasteiger charge is -2.10. The average Bonchev–Trinajstić information content (AvgIpc) is 3.55. The van der Waals surface area contributed by atoms with Crippen LogP contribution in [0, 0.1) is 27.7 Å². The van der Waals surface area contributed by atoms with Crippen LogP contribution < -0.4 is 0 Å². The number of fused-ring (bicyclic) bond motifs is 9. The summed E-state index contributed by atoms with van der Waals surface area (Å²) in [6.07, 6.45) is 0. The summed E-state index contributed by atoms with van der Waals surface area (Å²) in [7, 11) is 0. The summed E-state index contributed by atoms with van der Waals surface area (Å²) >= 11 is 0. The Morgan fingerprint density at radius 3 is 0.957 bits per heavy atom. The van der Waals surface area contributed by atoms with Gasteiger partial charge in [-0.05, 0) is 172 Å². The maximum absolute atomic E-state index is 2.49. The van der Waals surface area contributed by atoms with Crippen LogP contribution in [-0.2, 0) is 0 Å². The second kappa shape index (κ2) is 9.05. The van der Waals surface area contributed by atoms with Gasteiger partial charge in [-0.15, -0.1) is 0 Å². The summed E-state index contributed by atoms with van der Waals surface area (Å²) in [5.74, 6) is 0. The van der Waals surface area contributed by atoms with Gasteiger partial charge in [0.15, 0.2) is 0 Å². The van der Waals surface area contributed by atoms with Gasteiger partial charge in [0.05, 0.1) is 0 Å². The molecule has 0 aliphatic heterocycles. The number of hydrogen-bond acceptors (Lipinski definition) is 0. The highest BCUT2D eigenvalue weighted by atomic mass is 14.2. The Hall–Kier alpha value is -5.46. The molecule has 10 aromatic rings. The minimum atomic E-state index is 1.30. The van der Waals surface area contributed by atoms with Gasteiger partial charge in [-0.2, -0.15) is 0 Å². The van der Waals surface area contributed by atoms with E-state index >= 15 is 0 Å². The quantitative estimate of drug-likeness (QED) is 0.177. The number of aryl methyl sites for hydroxylation is 4. The SMILES string of the molecule is Cc1cccc(C)c1-c1ccc2c(c1)c1cccc3c4cc5c6ccc(-c7c(C)cccc7C)cc6c6cccc(c4cc2c13)c65. The van der Waals surface area contributed by atoms with Gasteiger partial charge in [0.25, 0.3) is 0 Å². The fourth-order valence-electron chi connectivity index (χ4n) is 8.90. The van der Waals surface area contributed by atoms with E-state index in [9.17, 15) is 0 Å². The molecule has 0 heteroatoms. The van der Waals surface area contributed by atoms with Crippen LogP contribution in [0.5, 0.6) is 0 Å². The molecule has 10 rings (SSSR count). The van der Waals surface area contributed by atoms with Gasteiger partial charge in [-0.1, -0.05) is 97.1 Å². The molecule has 0 atom stereocenters. The van der Waals surface area contributed by atoms with Crippen molar-refractivity contribution < 1.29 is 0 Å². The molecule has 0 aliphatic rings. The zero-order valence-electron chi connectivity index (χ0n) is 26.5. The highest BCUT2D eigenvalue weighted by Crippen LogP contribution is 2.48. The molecule has 0 bridgehead atoms. The first-order chi connectivity index (χ1) is 22.5. The smallest absolute Gasteiger partial charge is 0.00199 e. The van der Waals surface area contributed by atoms with Crippen molar-refractivity contribution >= 4 is 75.4 Å². The van der Waals surface area contributed by atoms with E-state index in [1.807, 2.05) is 0 Å². The molecule has 0 radical (unpaired) electrons. The minimum Gasteiger partial charge on any atom is -0.0617 e. The predicted octanol–water partition coefficient (Wildman–Crippen LogP) is 13.2. The number of rotatable bonds is 2. The monoisotopic (exact) mass is 584 g/mol. The molecule has 0 fully saturated rings. The molecule has 0 aliphatic carbocycles. The van der Waals surface area contributed by atoms with E-state index in [1.54, 1.807) is 0 Å². The maximum atomic E-state index is 2.49. The molecule has 46 heavy (non-hydrogen) atoms. The van der Waals surface area contributed by atoms with Gasteiger partial charge in [0.2, 0.25) is 0 Å². The van der Waals surface area contributed by atoms with Crippen LogP contribution in [0.2, 0.25) is 0 Å². The molecular formula is C46H32. The van der Waals surface area contributed by atoms with Gasteiger partial charge in [-0.25, -0.2) is 0 Å². The number of hydrogen-bond donors (Lipinski definition) is 0. The molecule has 0 saturated heterocycles. The highest BCUT2D eigenvalue weighted by molar-refractivity contribution is 6.41. The van der Waals surface area contributed by atoms with Crippen LogP contribution in [0.25, 0.3) is 97.7 Å². The fraction of sp³-hybridized carbons (Fsp3) is 0.0870. The van der Waals surface area contributed by atoms with Crippen molar-refractivity contribution in [2.75, 3.05) is 0 Å². The molecule has 0 saturated carbocycles. The van der Waals surface area contributed by atoms with E-state index in [2.05, 4.69) is 149 Å². The van der Waals surface area contributed by atoms with Crippen molar-refractivity contribution in [2.45, 2.75) is 27.7 Å². The number of benzene rings is 8. The first kappa shape index (κ1) is 25.8. The lowest BCUT2D eigenvalue weighted by molar-refractivity contribution is 1.38. The lowest BCUT2D eigenvalue weighted by atomic mass is 9.93. The Morgan fingerprint density at radius 2 is 0.587 bits per heavy atom. The molecule has 0 spiro atoms. The summed E-state index contributed by atoms with van der Waals surface area (Å²) in [6, 6.07) is 46.3. The first-order valence-corrected chi connectivity index (χ1v) is 16.4. The average molecular weight is 585 g/mol. The zero-order valence-corrected chi connectivity index (χ0v) is 26.5. The standard InChI is InChI=1S/C46H32/c1-25-9-5-10-26(2)43(25)29-17-19-31-37(21-29)33-13-7-15-35-40-24-42-32-20-18-30(44-27(3)11-6-12-28(44)4)22-38(32)34-14-8-16-36(46(34)42)39(40)23-41(31)45(33)35/h5-24H,1-4H3. The molecule has 0 unspecified atom stereocenters. The van der Waals surface area contributed by atoms with Gasteiger partial charge in [0.1, 0.15) is 0 Å². The molecular weight excluding hydrogens is 553 g/mol. The van der Waals surface area contributed by atoms with E-state index in [-0.39, 0.29) is 0 Å². The third kappa shape index (κ3) is 3.29. The summed E-state index contributed by atoms with van der Waals surface area (Å²) in [5, 5.41) is 18.9. The predicted molar refractivity (Wildman–Crippen MR) is 201 cm³/mol. The molecule has 0 amide bonds. The van der Waals surface area contributed by atoms with E-state index < -0.39 is 0 Å². The minimum absolute atomic E-state index is 1.30. The normalized spacial score (nSPS) is 12.3. The molecule has 0 heterocycles. The lowest BCUT2D eigenvalue weighted by Crippen LogP contribution is -1.87. The van der Waals surface area contributed by atoms with Gasteiger partial charge >= 0.3 is 0 Å². The zero-order chi connectivity index (χ0) is 30.8. The van der Waals surface area contributed by atoms with E-state index in [1.165, 1.54) is 120 Å². The second-order valence-electron chi connectivity index (χ2n) is 13.5. The van der Waals surface area contributed by atoms with Crippen molar-refractivity contribution in [3.05, 3.63) is 144 Å². The molecule has 0 nitrogen and oxygen atoms in total. The van der Waals surface area contributed by atoms with E-state index in [0.717, 1.165) is 0 Å². The Labute approximate surface area is 268 Å². The Balaban J connectivity index is 1.30. The van der Waals surface area contributed by atoms with Crippen molar-refractivity contribution in [3.8, 4) is 22.3 Å². The van der Waals surface area contributed by atoms with Crippen LogP contribution in [0.1, 0.15) is 22.3 Å². The van der Waals surface area contributed by atoms with Gasteiger partial charge in [-0.3, -0.25) is 0 Å². The van der Waals surface area contributed by atoms with Crippen molar-refractivity contribution in [1.82, 2.24) is 0 Å². The third-order valence-corrected chi connectivity index (χ3v) is 10.9. The van der Waals surface area contributed by atoms with Gasteiger partial charge < -0.3 is 0 Å².